The van der Waals surface area contributed by atoms with Gasteiger partial charge in [0.2, 0.25) is 5.91 Å². The number of hydrogen-bond donors (Lipinski definition) is 1. The van der Waals surface area contributed by atoms with Gasteiger partial charge < -0.3 is 14.6 Å². The second-order valence-electron chi connectivity index (χ2n) is 4.95. The Hall–Kier alpha value is -1.12. The SMILES string of the molecule is CC(C)(C)C(=O)Nc1cccc(OCCOP)c1. The molecule has 100 valence electrons. The van der Waals surface area contributed by atoms with Crippen molar-refractivity contribution in [3.8, 4) is 5.75 Å². The van der Waals surface area contributed by atoms with Crippen LogP contribution in [0.2, 0.25) is 0 Å². The van der Waals surface area contributed by atoms with E-state index < -0.39 is 5.41 Å². The molecule has 1 unspecified atom stereocenters. The summed E-state index contributed by atoms with van der Waals surface area (Å²) < 4.78 is 10.3. The van der Waals surface area contributed by atoms with E-state index in [1.54, 1.807) is 6.07 Å². The Balaban J connectivity index is 2.62. The first kappa shape index (κ1) is 14.9. The summed E-state index contributed by atoms with van der Waals surface area (Å²) in [6, 6.07) is 7.32. The van der Waals surface area contributed by atoms with E-state index in [0.29, 0.717) is 19.0 Å². The molecule has 0 saturated carbocycles. The van der Waals surface area contributed by atoms with E-state index in [2.05, 4.69) is 14.8 Å². The summed E-state index contributed by atoms with van der Waals surface area (Å²) in [6.45, 7) is 6.60. The predicted octanol–water partition coefficient (Wildman–Crippen LogP) is 2.86. The van der Waals surface area contributed by atoms with Crippen LogP contribution >= 0.6 is 9.47 Å². The molecule has 1 rings (SSSR count). The van der Waals surface area contributed by atoms with Crippen LogP contribution in [0, 0.1) is 5.41 Å². The summed E-state index contributed by atoms with van der Waals surface area (Å²) in [5, 5.41) is 2.86. The smallest absolute Gasteiger partial charge is 0.229 e. The third kappa shape index (κ3) is 5.03. The molecule has 1 atom stereocenters. The maximum absolute atomic E-state index is 11.8. The molecule has 4 nitrogen and oxygen atoms in total. The minimum Gasteiger partial charge on any atom is -0.491 e. The molecule has 0 saturated heterocycles. The third-order valence-corrected chi connectivity index (χ3v) is 2.48. The molecule has 0 heterocycles. The van der Waals surface area contributed by atoms with Crippen molar-refractivity contribution in [1.82, 2.24) is 0 Å². The molecule has 0 spiro atoms. The van der Waals surface area contributed by atoms with Gasteiger partial charge >= 0.3 is 0 Å². The molecule has 0 fully saturated rings. The quantitative estimate of drug-likeness (QED) is 0.660. The highest BCUT2D eigenvalue weighted by molar-refractivity contribution is 7.09. The van der Waals surface area contributed by atoms with Crippen molar-refractivity contribution in [3.63, 3.8) is 0 Å². The molecule has 0 aliphatic carbocycles. The van der Waals surface area contributed by atoms with E-state index in [-0.39, 0.29) is 5.91 Å². The van der Waals surface area contributed by atoms with Crippen LogP contribution in [0.5, 0.6) is 5.75 Å². The van der Waals surface area contributed by atoms with Crippen LogP contribution in [-0.4, -0.2) is 19.1 Å². The molecule has 1 aromatic rings. The first-order chi connectivity index (χ1) is 8.43. The first-order valence-electron chi connectivity index (χ1n) is 5.79. The molecule has 1 N–H and O–H groups in total. The third-order valence-electron chi connectivity index (χ3n) is 2.24. The zero-order valence-electron chi connectivity index (χ0n) is 11.0. The van der Waals surface area contributed by atoms with Crippen LogP contribution in [-0.2, 0) is 9.32 Å². The zero-order chi connectivity index (χ0) is 13.6. The fourth-order valence-corrected chi connectivity index (χ4v) is 1.29. The monoisotopic (exact) mass is 269 g/mol. The van der Waals surface area contributed by atoms with Crippen LogP contribution in [0.4, 0.5) is 5.69 Å². The maximum atomic E-state index is 11.8. The Morgan fingerprint density at radius 2 is 2.06 bits per heavy atom. The van der Waals surface area contributed by atoms with Gasteiger partial charge in [-0.15, -0.1) is 0 Å². The van der Waals surface area contributed by atoms with Gasteiger partial charge in [0, 0.05) is 26.6 Å². The number of hydrogen-bond acceptors (Lipinski definition) is 3. The fourth-order valence-electron chi connectivity index (χ4n) is 1.19. The largest absolute Gasteiger partial charge is 0.491 e. The summed E-state index contributed by atoms with van der Waals surface area (Å²) in [7, 11) is 2.17. The summed E-state index contributed by atoms with van der Waals surface area (Å²) in [5.41, 5.74) is 0.323. The number of nitrogens with one attached hydrogen (secondary N) is 1. The Morgan fingerprint density at radius 1 is 1.33 bits per heavy atom. The average molecular weight is 269 g/mol. The molecule has 1 aromatic carbocycles. The van der Waals surface area contributed by atoms with Crippen molar-refractivity contribution in [1.29, 1.82) is 0 Å². The molecule has 0 bridgehead atoms. The highest BCUT2D eigenvalue weighted by Gasteiger charge is 2.21. The summed E-state index contributed by atoms with van der Waals surface area (Å²) in [6.07, 6.45) is 0. The number of ether oxygens (including phenoxy) is 1. The second kappa shape index (κ2) is 6.72. The summed E-state index contributed by atoms with van der Waals surface area (Å²) >= 11 is 0. The van der Waals surface area contributed by atoms with Gasteiger partial charge in [0.1, 0.15) is 12.4 Å². The summed E-state index contributed by atoms with van der Waals surface area (Å²) in [5.74, 6) is 0.691. The van der Waals surface area contributed by atoms with Crippen molar-refractivity contribution in [2.45, 2.75) is 20.8 Å². The van der Waals surface area contributed by atoms with E-state index in [9.17, 15) is 4.79 Å². The van der Waals surface area contributed by atoms with Crippen molar-refractivity contribution >= 4 is 21.1 Å². The van der Waals surface area contributed by atoms with Crippen molar-refractivity contribution in [3.05, 3.63) is 24.3 Å². The molecular weight excluding hydrogens is 249 g/mol. The minimum atomic E-state index is -0.413. The van der Waals surface area contributed by atoms with Gasteiger partial charge in [0.25, 0.3) is 0 Å². The highest BCUT2D eigenvalue weighted by atomic mass is 31.0. The molecule has 0 aliphatic rings. The standard InChI is InChI=1S/C13H20NO3P/c1-13(2,3)12(15)14-10-5-4-6-11(9-10)16-7-8-17-18/h4-6,9H,7-8,18H2,1-3H3,(H,14,15). The number of amides is 1. The van der Waals surface area contributed by atoms with Gasteiger partial charge in [0.05, 0.1) is 6.61 Å². The zero-order valence-corrected chi connectivity index (χ0v) is 12.2. The number of carbonyl (C=O) groups excluding carboxylic acids is 1. The molecule has 0 radical (unpaired) electrons. The number of carbonyl (C=O) groups is 1. The summed E-state index contributed by atoms with van der Waals surface area (Å²) in [4.78, 5) is 11.8. The first-order valence-corrected chi connectivity index (χ1v) is 6.26. The molecule has 5 heteroatoms. The van der Waals surface area contributed by atoms with E-state index in [1.807, 2.05) is 39.0 Å². The lowest BCUT2D eigenvalue weighted by atomic mass is 9.95. The van der Waals surface area contributed by atoms with E-state index in [1.165, 1.54) is 0 Å². The lowest BCUT2D eigenvalue weighted by Crippen LogP contribution is -2.27. The Morgan fingerprint density at radius 3 is 2.67 bits per heavy atom. The Kier molecular flexibility index (Phi) is 5.57. The average Bonchev–Trinajstić information content (AvgIpc) is 2.28. The molecular formula is C13H20NO3P. The van der Waals surface area contributed by atoms with Crippen molar-refractivity contribution in [2.24, 2.45) is 5.41 Å². The van der Waals surface area contributed by atoms with Gasteiger partial charge in [-0.05, 0) is 12.1 Å². The van der Waals surface area contributed by atoms with Crippen LogP contribution in [0.1, 0.15) is 20.8 Å². The lowest BCUT2D eigenvalue weighted by Gasteiger charge is -2.18. The minimum absolute atomic E-state index is 0.0204. The second-order valence-corrected chi connectivity index (χ2v) is 5.28. The molecule has 0 aliphatic heterocycles. The van der Waals surface area contributed by atoms with Gasteiger partial charge in [0.15, 0.2) is 0 Å². The van der Waals surface area contributed by atoms with Gasteiger partial charge in [-0.3, -0.25) is 4.79 Å². The Labute approximate surface area is 110 Å². The van der Waals surface area contributed by atoms with E-state index in [0.717, 1.165) is 5.69 Å². The van der Waals surface area contributed by atoms with Crippen molar-refractivity contribution < 1.29 is 14.1 Å². The maximum Gasteiger partial charge on any atom is 0.229 e. The number of benzene rings is 1. The van der Waals surface area contributed by atoms with Crippen LogP contribution < -0.4 is 10.1 Å². The van der Waals surface area contributed by atoms with Crippen LogP contribution in [0.3, 0.4) is 0 Å². The van der Waals surface area contributed by atoms with Gasteiger partial charge in [-0.2, -0.15) is 0 Å². The van der Waals surface area contributed by atoms with Crippen LogP contribution in [0.25, 0.3) is 0 Å². The van der Waals surface area contributed by atoms with E-state index in [4.69, 9.17) is 9.26 Å². The van der Waals surface area contributed by atoms with Gasteiger partial charge in [-0.1, -0.05) is 26.8 Å². The number of rotatable bonds is 5. The Bertz CT molecular complexity index is 401. The van der Waals surface area contributed by atoms with Crippen molar-refractivity contribution in [2.75, 3.05) is 18.5 Å². The number of anilines is 1. The lowest BCUT2D eigenvalue weighted by molar-refractivity contribution is -0.123. The molecule has 0 aromatic heterocycles. The molecule has 18 heavy (non-hydrogen) atoms. The van der Waals surface area contributed by atoms with E-state index >= 15 is 0 Å². The topological polar surface area (TPSA) is 47.6 Å². The van der Waals surface area contributed by atoms with Crippen LogP contribution in [0.15, 0.2) is 24.3 Å². The highest BCUT2D eigenvalue weighted by Crippen LogP contribution is 2.21. The van der Waals surface area contributed by atoms with Gasteiger partial charge in [-0.25, -0.2) is 0 Å². The fraction of sp³-hybridized carbons (Fsp3) is 0.462. The normalized spacial score (nSPS) is 11.1. The molecule has 1 amide bonds. The predicted molar refractivity (Wildman–Crippen MR) is 75.7 cm³/mol.